The number of carboxylic acid groups (broad SMARTS) is 1. The SMILES string of the molecule is NS(=O)(=O)c1ccc[s+]1C(=O)O. The van der Waals surface area contributed by atoms with Crippen molar-refractivity contribution in [2.75, 3.05) is 0 Å². The standard InChI is InChI=1S/C5H5NO4S2/c6-12(9,10)4-2-1-3-11(4)5(7)8/h1-3H,(H2-,6,7,8,9,10)/p+1. The quantitative estimate of drug-likeness (QED) is 0.695. The Bertz CT molecular complexity index is 405. The summed E-state index contributed by atoms with van der Waals surface area (Å²) < 4.78 is 21.3. The molecule has 12 heavy (non-hydrogen) atoms. The highest BCUT2D eigenvalue weighted by Gasteiger charge is 2.29. The minimum atomic E-state index is -3.87. The molecule has 0 radical (unpaired) electrons. The summed E-state index contributed by atoms with van der Waals surface area (Å²) in [4.78, 5) is 10.5. The van der Waals surface area contributed by atoms with E-state index in [0.717, 1.165) is 0 Å². The molecule has 1 heterocycles. The lowest BCUT2D eigenvalue weighted by Crippen LogP contribution is -2.11. The van der Waals surface area contributed by atoms with Crippen LogP contribution in [-0.4, -0.2) is 18.8 Å². The van der Waals surface area contributed by atoms with Gasteiger partial charge in [0.05, 0.1) is 0 Å². The van der Waals surface area contributed by atoms with Gasteiger partial charge >= 0.3 is 5.30 Å². The van der Waals surface area contributed by atoms with Crippen LogP contribution in [0.4, 0.5) is 4.79 Å². The summed E-state index contributed by atoms with van der Waals surface area (Å²) in [5, 5.41) is 13.4. The van der Waals surface area contributed by atoms with E-state index in [0.29, 0.717) is 0 Å². The zero-order valence-corrected chi connectivity index (χ0v) is 7.43. The first-order chi connectivity index (χ1) is 5.43. The molecule has 0 aromatic carbocycles. The third kappa shape index (κ3) is 1.63. The van der Waals surface area contributed by atoms with E-state index in [1.807, 2.05) is 0 Å². The number of sulfonamides is 1. The van der Waals surface area contributed by atoms with Crippen LogP contribution < -0.4 is 5.14 Å². The zero-order chi connectivity index (χ0) is 9.35. The van der Waals surface area contributed by atoms with Crippen molar-refractivity contribution in [3.05, 3.63) is 17.5 Å². The van der Waals surface area contributed by atoms with Crippen LogP contribution in [0.25, 0.3) is 0 Å². The Morgan fingerprint density at radius 1 is 1.58 bits per heavy atom. The van der Waals surface area contributed by atoms with Crippen LogP contribution in [0.5, 0.6) is 0 Å². The van der Waals surface area contributed by atoms with E-state index in [2.05, 4.69) is 0 Å². The lowest BCUT2D eigenvalue weighted by molar-refractivity contribution is 0.221. The van der Waals surface area contributed by atoms with Gasteiger partial charge in [-0.25, -0.2) is 13.6 Å². The molecule has 1 aromatic rings. The third-order valence-corrected chi connectivity index (χ3v) is 4.44. The minimum absolute atomic E-state index is 0.241. The summed E-state index contributed by atoms with van der Waals surface area (Å²) in [5.41, 5.74) is 0. The summed E-state index contributed by atoms with van der Waals surface area (Å²) >= 11 is 0. The van der Waals surface area contributed by atoms with Gasteiger partial charge in [0.2, 0.25) is 0 Å². The van der Waals surface area contributed by atoms with Gasteiger partial charge < -0.3 is 5.11 Å². The van der Waals surface area contributed by atoms with Gasteiger partial charge in [0.25, 0.3) is 14.2 Å². The molecule has 0 aliphatic rings. The minimum Gasteiger partial charge on any atom is -0.437 e. The average molecular weight is 208 g/mol. The molecule has 3 N–H and O–H groups in total. The van der Waals surface area contributed by atoms with E-state index in [-0.39, 0.29) is 4.21 Å². The van der Waals surface area contributed by atoms with Gasteiger partial charge in [-0.15, -0.1) is 0 Å². The fraction of sp³-hybridized carbons (Fsp3) is 0. The van der Waals surface area contributed by atoms with Gasteiger partial charge in [-0.3, -0.25) is 0 Å². The number of carbonyl (C=O) groups is 1. The molecule has 0 fully saturated rings. The summed E-state index contributed by atoms with van der Waals surface area (Å²) in [6.45, 7) is 0. The molecule has 1 unspecified atom stereocenters. The van der Waals surface area contributed by atoms with Gasteiger partial charge in [0.15, 0.2) is 5.38 Å². The van der Waals surface area contributed by atoms with E-state index < -0.39 is 25.8 Å². The topological polar surface area (TPSA) is 97.5 Å². The fourth-order valence-electron chi connectivity index (χ4n) is 0.701. The van der Waals surface area contributed by atoms with Crippen molar-refractivity contribution in [3.63, 3.8) is 0 Å². The summed E-state index contributed by atoms with van der Waals surface area (Å²) in [7, 11) is -5.27. The van der Waals surface area contributed by atoms with Gasteiger partial charge in [0.1, 0.15) is 10.5 Å². The van der Waals surface area contributed by atoms with Crippen LogP contribution in [-0.2, 0) is 10.0 Å². The Kier molecular flexibility index (Phi) is 2.18. The first kappa shape index (κ1) is 9.17. The number of primary sulfonamides is 1. The number of nitrogens with two attached hydrogens (primary N) is 1. The van der Waals surface area contributed by atoms with E-state index >= 15 is 0 Å². The Hall–Kier alpha value is -0.920. The summed E-state index contributed by atoms with van der Waals surface area (Å²) in [6.07, 6.45) is 0. The van der Waals surface area contributed by atoms with Gasteiger partial charge in [-0.2, -0.15) is 4.79 Å². The Labute approximate surface area is 71.5 Å². The van der Waals surface area contributed by atoms with Crippen molar-refractivity contribution >= 4 is 25.8 Å². The number of rotatable bonds is 2. The predicted octanol–water partition coefficient (Wildman–Crippen LogP) is 0.609. The monoisotopic (exact) mass is 208 g/mol. The molecule has 0 aliphatic carbocycles. The van der Waals surface area contributed by atoms with Crippen LogP contribution in [0.3, 0.4) is 0 Å². The molecule has 0 amide bonds. The maximum atomic E-state index is 10.8. The Morgan fingerprint density at radius 2 is 2.17 bits per heavy atom. The lowest BCUT2D eigenvalue weighted by atomic mass is 10.7. The van der Waals surface area contributed by atoms with Crippen LogP contribution >= 0.6 is 10.5 Å². The maximum absolute atomic E-state index is 10.8. The highest BCUT2D eigenvalue weighted by Crippen LogP contribution is 2.28. The normalized spacial score (nSPS) is 12.9. The highest BCUT2D eigenvalue weighted by atomic mass is 32.3. The Morgan fingerprint density at radius 3 is 2.50 bits per heavy atom. The van der Waals surface area contributed by atoms with Gasteiger partial charge in [-0.05, 0) is 6.07 Å². The Balaban J connectivity index is 3.36. The molecule has 1 rings (SSSR count). The molecule has 0 spiro atoms. The van der Waals surface area contributed by atoms with Crippen molar-refractivity contribution in [1.29, 1.82) is 0 Å². The van der Waals surface area contributed by atoms with E-state index in [1.54, 1.807) is 0 Å². The van der Waals surface area contributed by atoms with E-state index in [4.69, 9.17) is 10.2 Å². The van der Waals surface area contributed by atoms with Crippen molar-refractivity contribution < 1.29 is 18.3 Å². The predicted molar refractivity (Wildman–Crippen MR) is 43.7 cm³/mol. The average Bonchev–Trinajstić information content (AvgIpc) is 2.30. The van der Waals surface area contributed by atoms with Crippen molar-refractivity contribution in [2.45, 2.75) is 4.21 Å². The molecule has 1 atom stereocenters. The molecule has 7 heteroatoms. The summed E-state index contributed by atoms with van der Waals surface area (Å²) in [6, 6.07) is 2.57. The number of thiophene rings is 1. The van der Waals surface area contributed by atoms with Crippen molar-refractivity contribution in [2.24, 2.45) is 5.14 Å². The largest absolute Gasteiger partial charge is 0.553 e. The van der Waals surface area contributed by atoms with Crippen LogP contribution in [0.15, 0.2) is 21.7 Å². The smallest absolute Gasteiger partial charge is 0.437 e. The van der Waals surface area contributed by atoms with Crippen molar-refractivity contribution in [3.8, 4) is 0 Å². The van der Waals surface area contributed by atoms with Crippen LogP contribution in [0.1, 0.15) is 0 Å². The zero-order valence-electron chi connectivity index (χ0n) is 5.80. The van der Waals surface area contributed by atoms with Crippen LogP contribution in [0, 0.1) is 0 Å². The molecule has 0 saturated heterocycles. The lowest BCUT2D eigenvalue weighted by Gasteiger charge is -1.86. The third-order valence-electron chi connectivity index (χ3n) is 1.13. The maximum Gasteiger partial charge on any atom is 0.553 e. The second-order valence-corrected chi connectivity index (χ2v) is 5.49. The van der Waals surface area contributed by atoms with Gasteiger partial charge in [0, 0.05) is 6.07 Å². The molecule has 1 aromatic heterocycles. The van der Waals surface area contributed by atoms with E-state index in [9.17, 15) is 13.2 Å². The fourth-order valence-corrected chi connectivity index (χ4v) is 3.23. The first-order valence-electron chi connectivity index (χ1n) is 2.80. The second kappa shape index (κ2) is 2.85. The first-order valence-corrected chi connectivity index (χ1v) is 5.63. The molecule has 0 bridgehead atoms. The second-order valence-electron chi connectivity index (χ2n) is 1.96. The van der Waals surface area contributed by atoms with Crippen LogP contribution in [0.2, 0.25) is 0 Å². The molecule has 0 saturated carbocycles. The highest BCUT2D eigenvalue weighted by molar-refractivity contribution is 7.92. The van der Waals surface area contributed by atoms with E-state index in [1.165, 1.54) is 17.5 Å². The molecular formula is C5H6NO4S2+. The summed E-state index contributed by atoms with van der Waals surface area (Å²) in [5.74, 6) is 0. The molecule has 0 aliphatic heterocycles. The van der Waals surface area contributed by atoms with Gasteiger partial charge in [-0.1, -0.05) is 0 Å². The van der Waals surface area contributed by atoms with Crippen molar-refractivity contribution in [1.82, 2.24) is 0 Å². The molecule has 5 nitrogen and oxygen atoms in total. The molecule has 66 valence electrons. The number of hydrogen-bond donors (Lipinski definition) is 2. The molecular weight excluding hydrogens is 202 g/mol. The number of hydrogen-bond acceptors (Lipinski definition) is 3.